The summed E-state index contributed by atoms with van der Waals surface area (Å²) in [6, 6.07) is 14.0. The normalized spacial score (nSPS) is 10.5. The number of ether oxygens (including phenoxy) is 2. The van der Waals surface area contributed by atoms with Crippen LogP contribution in [0.2, 0.25) is 0 Å². The highest BCUT2D eigenvalue weighted by Gasteiger charge is 2.16. The third-order valence-corrected chi connectivity index (χ3v) is 5.47. The van der Waals surface area contributed by atoms with Crippen LogP contribution < -0.4 is 10.1 Å². The van der Waals surface area contributed by atoms with Gasteiger partial charge in [0.1, 0.15) is 11.5 Å². The fourth-order valence-corrected chi connectivity index (χ4v) is 3.89. The number of rotatable bonds is 8. The average molecular weight is 426 g/mol. The topological polar surface area (TPSA) is 90.7 Å². The first-order chi connectivity index (χ1) is 14.5. The molecule has 0 atom stereocenters. The number of nitrogens with one attached hydrogen (secondary N) is 1. The third kappa shape index (κ3) is 5.42. The molecule has 1 amide bonds. The zero-order valence-corrected chi connectivity index (χ0v) is 17.7. The van der Waals surface area contributed by atoms with Crippen molar-refractivity contribution in [2.45, 2.75) is 24.5 Å². The second-order valence-electron chi connectivity index (χ2n) is 6.44. The van der Waals surface area contributed by atoms with Gasteiger partial charge in [-0.1, -0.05) is 17.3 Å². The van der Waals surface area contributed by atoms with Gasteiger partial charge in [-0.25, -0.2) is 4.79 Å². The molecule has 0 radical (unpaired) electrons. The Hall–Kier alpha value is -3.26. The molecule has 7 nitrogen and oxygen atoms in total. The number of hydrogen-bond donors (Lipinski definition) is 1. The van der Waals surface area contributed by atoms with E-state index in [1.165, 1.54) is 11.8 Å². The number of carbonyl (C=O) groups is 2. The third-order valence-electron chi connectivity index (χ3n) is 4.37. The van der Waals surface area contributed by atoms with Crippen LogP contribution in [0.1, 0.15) is 27.4 Å². The predicted octanol–water partition coefficient (Wildman–Crippen LogP) is 4.39. The molecule has 1 aromatic heterocycles. The molecular formula is C22H22N2O5S. The van der Waals surface area contributed by atoms with E-state index in [9.17, 15) is 9.59 Å². The molecule has 0 bridgehead atoms. The van der Waals surface area contributed by atoms with E-state index < -0.39 is 11.9 Å². The molecule has 0 fully saturated rings. The monoisotopic (exact) mass is 426 g/mol. The lowest BCUT2D eigenvalue weighted by atomic mass is 10.2. The minimum absolute atomic E-state index is 0.381. The number of hydrogen-bond acceptors (Lipinski definition) is 7. The van der Waals surface area contributed by atoms with Crippen molar-refractivity contribution in [1.29, 1.82) is 0 Å². The maximum absolute atomic E-state index is 12.5. The van der Waals surface area contributed by atoms with Crippen molar-refractivity contribution in [3.05, 3.63) is 71.1 Å². The Morgan fingerprint density at radius 1 is 1.10 bits per heavy atom. The van der Waals surface area contributed by atoms with Crippen LogP contribution in [0.3, 0.4) is 0 Å². The van der Waals surface area contributed by atoms with Gasteiger partial charge in [-0.2, -0.15) is 0 Å². The molecule has 30 heavy (non-hydrogen) atoms. The minimum atomic E-state index is -0.554. The highest BCUT2D eigenvalue weighted by Crippen LogP contribution is 2.29. The molecule has 1 N–H and O–H groups in total. The van der Waals surface area contributed by atoms with Crippen LogP contribution in [0, 0.1) is 13.8 Å². The molecule has 0 aliphatic carbocycles. The van der Waals surface area contributed by atoms with Crippen molar-refractivity contribution >= 4 is 29.3 Å². The summed E-state index contributed by atoms with van der Waals surface area (Å²) in [5, 5.41) is 6.62. The molecule has 2 aromatic carbocycles. The molecule has 3 aromatic rings. The molecule has 8 heteroatoms. The summed E-state index contributed by atoms with van der Waals surface area (Å²) >= 11 is 1.49. The number of anilines is 1. The molecule has 0 spiro atoms. The molecule has 3 rings (SSSR count). The number of carbonyl (C=O) groups excluding carboxylic acids is 2. The lowest BCUT2D eigenvalue weighted by Crippen LogP contribution is -2.21. The van der Waals surface area contributed by atoms with Crippen molar-refractivity contribution in [2.75, 3.05) is 19.0 Å². The summed E-state index contributed by atoms with van der Waals surface area (Å²) in [5.41, 5.74) is 2.83. The summed E-state index contributed by atoms with van der Waals surface area (Å²) in [6.07, 6.45) is 0. The number of nitrogens with zero attached hydrogens (tertiary/aromatic N) is 1. The Bertz CT molecular complexity index is 1010. The lowest BCUT2D eigenvalue weighted by molar-refractivity contribution is -0.119. The molecule has 156 valence electrons. The van der Waals surface area contributed by atoms with Crippen molar-refractivity contribution in [3.8, 4) is 5.75 Å². The molecule has 1 heterocycles. The summed E-state index contributed by atoms with van der Waals surface area (Å²) in [4.78, 5) is 25.4. The Kier molecular flexibility index (Phi) is 7.13. The van der Waals surface area contributed by atoms with Crippen LogP contribution in [0.15, 0.2) is 57.9 Å². The maximum Gasteiger partial charge on any atom is 0.339 e. The Morgan fingerprint density at radius 2 is 1.83 bits per heavy atom. The van der Waals surface area contributed by atoms with E-state index in [1.54, 1.807) is 43.5 Å². The van der Waals surface area contributed by atoms with Crippen molar-refractivity contribution in [2.24, 2.45) is 0 Å². The number of thioether (sulfide) groups is 1. The van der Waals surface area contributed by atoms with Gasteiger partial charge in [0.15, 0.2) is 6.61 Å². The van der Waals surface area contributed by atoms with Gasteiger partial charge in [-0.15, -0.1) is 11.8 Å². The van der Waals surface area contributed by atoms with Crippen molar-refractivity contribution in [3.63, 3.8) is 0 Å². The number of benzene rings is 2. The summed E-state index contributed by atoms with van der Waals surface area (Å²) in [6.45, 7) is 3.36. The number of amides is 1. The van der Waals surface area contributed by atoms with Crippen LogP contribution >= 0.6 is 11.8 Å². The standard InChI is InChI=1S/C22H22N2O5S/c1-14-19(15(2)29-24-14)13-30-20-7-5-4-6-18(20)22(26)28-12-21(25)23-16-8-10-17(27-3)11-9-16/h4-11H,12-13H2,1-3H3,(H,23,25). The molecule has 0 aliphatic rings. The molecule has 0 saturated heterocycles. The highest BCUT2D eigenvalue weighted by molar-refractivity contribution is 7.98. The van der Waals surface area contributed by atoms with Gasteiger partial charge < -0.3 is 19.3 Å². The van der Waals surface area contributed by atoms with E-state index in [0.29, 0.717) is 22.8 Å². The van der Waals surface area contributed by atoms with Gasteiger partial charge in [-0.05, 0) is 50.2 Å². The summed E-state index contributed by atoms with van der Waals surface area (Å²) in [7, 11) is 1.57. The van der Waals surface area contributed by atoms with Gasteiger partial charge in [0.25, 0.3) is 5.91 Å². The van der Waals surface area contributed by atoms with E-state index in [0.717, 1.165) is 21.9 Å². The first kappa shape index (κ1) is 21.4. The zero-order valence-electron chi connectivity index (χ0n) is 16.9. The van der Waals surface area contributed by atoms with Gasteiger partial charge in [0.05, 0.1) is 18.4 Å². The predicted molar refractivity (Wildman–Crippen MR) is 114 cm³/mol. The average Bonchev–Trinajstić information content (AvgIpc) is 3.08. The number of esters is 1. The fourth-order valence-electron chi connectivity index (χ4n) is 2.70. The van der Waals surface area contributed by atoms with E-state index in [1.807, 2.05) is 26.0 Å². The highest BCUT2D eigenvalue weighted by atomic mass is 32.2. The van der Waals surface area contributed by atoms with Crippen molar-refractivity contribution < 1.29 is 23.6 Å². The van der Waals surface area contributed by atoms with E-state index in [4.69, 9.17) is 14.0 Å². The van der Waals surface area contributed by atoms with Gasteiger partial charge >= 0.3 is 5.97 Å². The van der Waals surface area contributed by atoms with Crippen LogP contribution in [0.4, 0.5) is 5.69 Å². The van der Waals surface area contributed by atoms with E-state index in [-0.39, 0.29) is 6.61 Å². The SMILES string of the molecule is COc1ccc(NC(=O)COC(=O)c2ccccc2SCc2c(C)noc2C)cc1. The van der Waals surface area contributed by atoms with Crippen LogP contribution in [0.25, 0.3) is 0 Å². The first-order valence-corrected chi connectivity index (χ1v) is 10.2. The quantitative estimate of drug-likeness (QED) is 0.422. The Balaban J connectivity index is 1.57. The number of aromatic nitrogens is 1. The van der Waals surface area contributed by atoms with Gasteiger partial charge in [-0.3, -0.25) is 4.79 Å². The molecule has 0 saturated carbocycles. The Morgan fingerprint density at radius 3 is 2.50 bits per heavy atom. The molecular weight excluding hydrogens is 404 g/mol. The smallest absolute Gasteiger partial charge is 0.339 e. The zero-order chi connectivity index (χ0) is 21.5. The second-order valence-corrected chi connectivity index (χ2v) is 7.46. The molecule has 0 aliphatic heterocycles. The van der Waals surface area contributed by atoms with Crippen LogP contribution in [-0.4, -0.2) is 30.7 Å². The van der Waals surface area contributed by atoms with E-state index in [2.05, 4.69) is 10.5 Å². The maximum atomic E-state index is 12.5. The second kappa shape index (κ2) is 9.98. The lowest BCUT2D eigenvalue weighted by Gasteiger charge is -2.10. The Labute approximate surface area is 178 Å². The minimum Gasteiger partial charge on any atom is -0.497 e. The number of aryl methyl sites for hydroxylation is 2. The first-order valence-electron chi connectivity index (χ1n) is 9.22. The number of methoxy groups -OCH3 is 1. The summed E-state index contributed by atoms with van der Waals surface area (Å²) < 4.78 is 15.5. The molecule has 0 unspecified atom stereocenters. The fraction of sp³-hybridized carbons (Fsp3) is 0.227. The largest absolute Gasteiger partial charge is 0.497 e. The van der Waals surface area contributed by atoms with Crippen molar-refractivity contribution in [1.82, 2.24) is 5.16 Å². The van der Waals surface area contributed by atoms with Crippen LogP contribution in [0.5, 0.6) is 5.75 Å². The van der Waals surface area contributed by atoms with Gasteiger partial charge in [0.2, 0.25) is 0 Å². The van der Waals surface area contributed by atoms with E-state index >= 15 is 0 Å². The summed E-state index contributed by atoms with van der Waals surface area (Å²) in [5.74, 6) is 1.08. The van der Waals surface area contributed by atoms with Crippen LogP contribution in [-0.2, 0) is 15.3 Å². The van der Waals surface area contributed by atoms with Gasteiger partial charge in [0, 0.05) is 21.9 Å².